The molecule has 136 valence electrons. The molecule has 0 fully saturated rings. The van der Waals surface area contributed by atoms with Crippen LogP contribution in [0, 0.1) is 17.7 Å². The standard InChI is InChI=1S/C19H18N6O2/c1-12-10-22-18(23-11-12)14-5-3-4-13(8-14)9-17(21)25-16(20)7-6-15(24-25)19(26)27-2/h3-8,10-11,20-21H,9H2,1-2H3. The van der Waals surface area contributed by atoms with Gasteiger partial charge in [-0.2, -0.15) is 5.10 Å². The Labute approximate surface area is 155 Å². The molecule has 0 unspecified atom stereocenters. The van der Waals surface area contributed by atoms with Crippen molar-refractivity contribution in [3.63, 3.8) is 0 Å². The highest BCUT2D eigenvalue weighted by molar-refractivity contribution is 5.88. The zero-order valence-corrected chi connectivity index (χ0v) is 14.9. The summed E-state index contributed by atoms with van der Waals surface area (Å²) in [5.74, 6) is 0.0522. The largest absolute Gasteiger partial charge is 0.464 e. The van der Waals surface area contributed by atoms with Gasteiger partial charge < -0.3 is 4.74 Å². The second-order valence-electron chi connectivity index (χ2n) is 5.92. The molecule has 0 radical (unpaired) electrons. The van der Waals surface area contributed by atoms with Crippen LogP contribution in [0.25, 0.3) is 11.4 Å². The van der Waals surface area contributed by atoms with E-state index in [9.17, 15) is 4.79 Å². The maximum absolute atomic E-state index is 11.6. The number of aryl methyl sites for hydroxylation is 1. The van der Waals surface area contributed by atoms with Gasteiger partial charge in [0.2, 0.25) is 0 Å². The van der Waals surface area contributed by atoms with Crippen LogP contribution in [-0.4, -0.2) is 38.7 Å². The molecule has 27 heavy (non-hydrogen) atoms. The van der Waals surface area contributed by atoms with E-state index in [-0.39, 0.29) is 23.4 Å². The van der Waals surface area contributed by atoms with Crippen molar-refractivity contribution in [2.24, 2.45) is 0 Å². The molecule has 2 aromatic heterocycles. The van der Waals surface area contributed by atoms with Gasteiger partial charge in [-0.05, 0) is 36.2 Å². The van der Waals surface area contributed by atoms with Gasteiger partial charge in [0.1, 0.15) is 11.3 Å². The van der Waals surface area contributed by atoms with Crippen molar-refractivity contribution in [1.29, 1.82) is 10.8 Å². The topological polar surface area (TPSA) is 118 Å². The number of methoxy groups -OCH3 is 1. The Morgan fingerprint density at radius 1 is 1.19 bits per heavy atom. The van der Waals surface area contributed by atoms with Gasteiger partial charge in [-0.15, -0.1) is 0 Å². The van der Waals surface area contributed by atoms with E-state index >= 15 is 0 Å². The summed E-state index contributed by atoms with van der Waals surface area (Å²) in [6.07, 6.45) is 3.73. The van der Waals surface area contributed by atoms with Gasteiger partial charge in [0.25, 0.3) is 0 Å². The molecule has 0 atom stereocenters. The van der Waals surface area contributed by atoms with Gasteiger partial charge in [-0.1, -0.05) is 18.2 Å². The Morgan fingerprint density at radius 2 is 1.93 bits per heavy atom. The van der Waals surface area contributed by atoms with Gasteiger partial charge >= 0.3 is 5.97 Å². The molecule has 0 aliphatic carbocycles. The smallest absolute Gasteiger partial charge is 0.358 e. The minimum atomic E-state index is -0.616. The van der Waals surface area contributed by atoms with E-state index in [0.717, 1.165) is 21.4 Å². The summed E-state index contributed by atoms with van der Waals surface area (Å²) in [6, 6.07) is 10.3. The first kappa shape index (κ1) is 18.1. The second-order valence-corrected chi connectivity index (χ2v) is 5.92. The highest BCUT2D eigenvalue weighted by Gasteiger charge is 2.12. The van der Waals surface area contributed by atoms with Gasteiger partial charge in [-0.3, -0.25) is 10.8 Å². The number of hydrogen-bond donors (Lipinski definition) is 2. The third kappa shape index (κ3) is 4.12. The number of carbonyl (C=O) groups is 1. The first-order valence-corrected chi connectivity index (χ1v) is 8.17. The molecule has 0 aliphatic heterocycles. The molecule has 0 bridgehead atoms. The van der Waals surface area contributed by atoms with Crippen molar-refractivity contribution in [1.82, 2.24) is 19.7 Å². The lowest BCUT2D eigenvalue weighted by Crippen LogP contribution is -2.31. The van der Waals surface area contributed by atoms with E-state index in [1.165, 1.54) is 19.2 Å². The second kappa shape index (κ2) is 7.69. The first-order chi connectivity index (χ1) is 13.0. The number of hydrogen-bond acceptors (Lipinski definition) is 7. The van der Waals surface area contributed by atoms with E-state index in [0.29, 0.717) is 5.82 Å². The van der Waals surface area contributed by atoms with Crippen molar-refractivity contribution in [3.05, 3.63) is 71.1 Å². The fourth-order valence-corrected chi connectivity index (χ4v) is 2.47. The van der Waals surface area contributed by atoms with Crippen molar-refractivity contribution < 1.29 is 9.53 Å². The van der Waals surface area contributed by atoms with Crippen LogP contribution in [0.2, 0.25) is 0 Å². The third-order valence-corrected chi connectivity index (χ3v) is 3.82. The monoisotopic (exact) mass is 362 g/mol. The summed E-state index contributed by atoms with van der Waals surface area (Å²) in [7, 11) is 1.26. The van der Waals surface area contributed by atoms with Crippen LogP contribution in [0.3, 0.4) is 0 Å². The van der Waals surface area contributed by atoms with Crippen LogP contribution in [0.15, 0.2) is 48.8 Å². The number of carbonyl (C=O) groups excluding carboxylic acids is 1. The molecule has 0 amide bonds. The minimum absolute atomic E-state index is 0.00526. The van der Waals surface area contributed by atoms with Gasteiger partial charge in [0, 0.05) is 24.4 Å². The van der Waals surface area contributed by atoms with Crippen LogP contribution < -0.4 is 5.49 Å². The molecule has 8 nitrogen and oxygen atoms in total. The number of esters is 1. The summed E-state index contributed by atoms with van der Waals surface area (Å²) in [5, 5.41) is 20.3. The molecule has 0 saturated heterocycles. The zero-order valence-electron chi connectivity index (χ0n) is 14.9. The van der Waals surface area contributed by atoms with Gasteiger partial charge in [0.15, 0.2) is 11.5 Å². The minimum Gasteiger partial charge on any atom is -0.464 e. The molecular formula is C19H18N6O2. The lowest BCUT2D eigenvalue weighted by atomic mass is 10.1. The maximum Gasteiger partial charge on any atom is 0.358 e. The first-order valence-electron chi connectivity index (χ1n) is 8.17. The molecule has 8 heteroatoms. The molecule has 0 aliphatic rings. The number of nitrogens with one attached hydrogen (secondary N) is 2. The third-order valence-electron chi connectivity index (χ3n) is 3.82. The van der Waals surface area contributed by atoms with E-state index < -0.39 is 5.97 Å². The van der Waals surface area contributed by atoms with Crippen molar-refractivity contribution in [2.75, 3.05) is 7.11 Å². The molecular weight excluding hydrogens is 344 g/mol. The molecule has 0 saturated carbocycles. The van der Waals surface area contributed by atoms with Gasteiger partial charge in [0.05, 0.1) is 7.11 Å². The summed E-state index contributed by atoms with van der Waals surface area (Å²) >= 11 is 0. The number of ether oxygens (including phenoxy) is 1. The maximum atomic E-state index is 11.6. The van der Waals surface area contributed by atoms with Crippen LogP contribution in [0.5, 0.6) is 0 Å². The quantitative estimate of drug-likeness (QED) is 0.418. The van der Waals surface area contributed by atoms with Crippen LogP contribution in [-0.2, 0) is 11.2 Å². The van der Waals surface area contributed by atoms with Gasteiger partial charge in [-0.25, -0.2) is 19.4 Å². The average molecular weight is 362 g/mol. The summed E-state index contributed by atoms with van der Waals surface area (Å²) in [5.41, 5.74) is 2.71. The van der Waals surface area contributed by atoms with Crippen molar-refractivity contribution in [2.45, 2.75) is 13.3 Å². The van der Waals surface area contributed by atoms with E-state index in [1.807, 2.05) is 31.2 Å². The lowest BCUT2D eigenvalue weighted by molar-refractivity contribution is 0.0592. The Kier molecular flexibility index (Phi) is 5.16. The Bertz CT molecular complexity index is 1060. The molecule has 1 aromatic carbocycles. The molecule has 3 aromatic rings. The molecule has 2 heterocycles. The Hall–Kier alpha value is -3.68. The summed E-state index contributed by atoms with van der Waals surface area (Å²) in [4.78, 5) is 20.3. The summed E-state index contributed by atoms with van der Waals surface area (Å²) < 4.78 is 5.75. The van der Waals surface area contributed by atoms with Crippen LogP contribution >= 0.6 is 0 Å². The molecule has 2 N–H and O–H groups in total. The summed E-state index contributed by atoms with van der Waals surface area (Å²) in [6.45, 7) is 1.92. The highest BCUT2D eigenvalue weighted by atomic mass is 16.5. The lowest BCUT2D eigenvalue weighted by Gasteiger charge is -2.10. The average Bonchev–Trinajstić information content (AvgIpc) is 2.68. The van der Waals surface area contributed by atoms with E-state index in [2.05, 4.69) is 19.8 Å². The molecule has 3 rings (SSSR count). The number of aromatic nitrogens is 4. The van der Waals surface area contributed by atoms with E-state index in [1.54, 1.807) is 12.4 Å². The number of benzene rings is 1. The Balaban J connectivity index is 1.86. The normalized spacial score (nSPS) is 10.4. The number of nitrogens with zero attached hydrogens (tertiary/aromatic N) is 4. The number of rotatable bonds is 4. The fraction of sp³-hybridized carbons (Fsp3) is 0.158. The molecule has 0 spiro atoms. The predicted molar refractivity (Wildman–Crippen MR) is 98.5 cm³/mol. The van der Waals surface area contributed by atoms with E-state index in [4.69, 9.17) is 10.8 Å². The van der Waals surface area contributed by atoms with Crippen LogP contribution in [0.4, 0.5) is 0 Å². The predicted octanol–water partition coefficient (Wildman–Crippen LogP) is 1.98. The SMILES string of the molecule is COC(=O)c1ccc(=N)n(C(=N)Cc2cccc(-c3ncc(C)cn3)c2)n1. The van der Waals surface area contributed by atoms with Crippen molar-refractivity contribution in [3.8, 4) is 11.4 Å². The fourth-order valence-electron chi connectivity index (χ4n) is 2.47. The van der Waals surface area contributed by atoms with Crippen molar-refractivity contribution >= 4 is 11.8 Å². The van der Waals surface area contributed by atoms with Crippen LogP contribution in [0.1, 0.15) is 21.6 Å². The zero-order chi connectivity index (χ0) is 19.4. The Morgan fingerprint density at radius 3 is 2.63 bits per heavy atom. The highest BCUT2D eigenvalue weighted by Crippen LogP contribution is 2.16.